The summed E-state index contributed by atoms with van der Waals surface area (Å²) in [6.45, 7) is 4.39. The molecular formula is C16H19N3O3S. The molecule has 2 aromatic rings. The molecule has 1 heterocycles. The van der Waals surface area contributed by atoms with Gasteiger partial charge in [-0.25, -0.2) is 8.42 Å². The number of rotatable bonds is 6. The number of carbonyl (C=O) groups is 1. The van der Waals surface area contributed by atoms with Crippen molar-refractivity contribution in [3.05, 3.63) is 54.4 Å². The smallest absolute Gasteiger partial charge is 0.255 e. The second kappa shape index (κ2) is 7.34. The fourth-order valence-corrected chi connectivity index (χ4v) is 3.59. The molecule has 0 fully saturated rings. The average molecular weight is 333 g/mol. The normalized spacial score (nSPS) is 11.4. The van der Waals surface area contributed by atoms with Crippen LogP contribution >= 0.6 is 0 Å². The van der Waals surface area contributed by atoms with Crippen molar-refractivity contribution in [2.75, 3.05) is 18.4 Å². The van der Waals surface area contributed by atoms with E-state index in [2.05, 4.69) is 10.3 Å². The summed E-state index contributed by atoms with van der Waals surface area (Å²) in [5.74, 6) is -0.303. The summed E-state index contributed by atoms with van der Waals surface area (Å²) in [5, 5.41) is 2.72. The van der Waals surface area contributed by atoms with Gasteiger partial charge in [-0.3, -0.25) is 9.78 Å². The third-order valence-electron chi connectivity index (χ3n) is 3.40. The van der Waals surface area contributed by atoms with Gasteiger partial charge in [0.05, 0.1) is 4.90 Å². The maximum absolute atomic E-state index is 12.4. The van der Waals surface area contributed by atoms with E-state index < -0.39 is 10.0 Å². The molecule has 0 aliphatic heterocycles. The fourth-order valence-electron chi connectivity index (χ4n) is 2.13. The highest BCUT2D eigenvalue weighted by Crippen LogP contribution is 2.17. The number of carbonyl (C=O) groups excluding carboxylic acids is 1. The highest BCUT2D eigenvalue weighted by Gasteiger charge is 2.21. The van der Waals surface area contributed by atoms with Crippen LogP contribution in [0.4, 0.5) is 5.69 Å². The molecule has 0 aliphatic carbocycles. The fraction of sp³-hybridized carbons (Fsp3) is 0.250. The zero-order valence-electron chi connectivity index (χ0n) is 13.1. The molecule has 1 aromatic heterocycles. The Morgan fingerprint density at radius 3 is 2.13 bits per heavy atom. The summed E-state index contributed by atoms with van der Waals surface area (Å²) in [6.07, 6.45) is 3.16. The van der Waals surface area contributed by atoms with E-state index in [0.717, 1.165) is 0 Å². The van der Waals surface area contributed by atoms with Gasteiger partial charge in [0.15, 0.2) is 0 Å². The molecule has 0 bridgehead atoms. The lowest BCUT2D eigenvalue weighted by Crippen LogP contribution is -2.30. The van der Waals surface area contributed by atoms with Crippen LogP contribution in [0, 0.1) is 0 Å². The van der Waals surface area contributed by atoms with Gasteiger partial charge in [-0.05, 0) is 36.4 Å². The van der Waals surface area contributed by atoms with Crippen LogP contribution in [0.1, 0.15) is 24.2 Å². The SMILES string of the molecule is CCN(CC)S(=O)(=O)c1ccc(C(=O)Nc2ccncc2)cc1. The quantitative estimate of drug-likeness (QED) is 0.880. The summed E-state index contributed by atoms with van der Waals surface area (Å²) in [5.41, 5.74) is 1.02. The average Bonchev–Trinajstić information content (AvgIpc) is 2.56. The Kier molecular flexibility index (Phi) is 5.46. The van der Waals surface area contributed by atoms with Crippen LogP contribution in [-0.2, 0) is 10.0 Å². The number of sulfonamides is 1. The Balaban J connectivity index is 2.18. The van der Waals surface area contributed by atoms with Crippen LogP contribution in [0.15, 0.2) is 53.7 Å². The second-order valence-corrected chi connectivity index (χ2v) is 6.74. The minimum atomic E-state index is -3.51. The van der Waals surface area contributed by atoms with E-state index in [1.54, 1.807) is 38.4 Å². The first-order valence-corrected chi connectivity index (χ1v) is 8.74. The molecule has 0 radical (unpaired) electrons. The number of hydrogen-bond acceptors (Lipinski definition) is 4. The first-order chi connectivity index (χ1) is 11.0. The van der Waals surface area contributed by atoms with Gasteiger partial charge in [-0.1, -0.05) is 13.8 Å². The molecule has 23 heavy (non-hydrogen) atoms. The number of amides is 1. The topological polar surface area (TPSA) is 79.4 Å². The number of nitrogens with zero attached hydrogens (tertiary/aromatic N) is 2. The van der Waals surface area contributed by atoms with Crippen LogP contribution in [-0.4, -0.2) is 36.7 Å². The van der Waals surface area contributed by atoms with Crippen LogP contribution in [0.25, 0.3) is 0 Å². The Morgan fingerprint density at radius 1 is 1.04 bits per heavy atom. The van der Waals surface area contributed by atoms with Gasteiger partial charge >= 0.3 is 0 Å². The van der Waals surface area contributed by atoms with Crippen molar-refractivity contribution in [2.45, 2.75) is 18.7 Å². The van der Waals surface area contributed by atoms with Crippen molar-refractivity contribution in [1.29, 1.82) is 0 Å². The maximum Gasteiger partial charge on any atom is 0.255 e. The molecule has 0 atom stereocenters. The van der Waals surface area contributed by atoms with Crippen LogP contribution in [0.2, 0.25) is 0 Å². The molecule has 0 saturated heterocycles. The predicted octanol–water partition coefficient (Wildman–Crippen LogP) is 2.36. The number of aromatic nitrogens is 1. The van der Waals surface area contributed by atoms with Gasteiger partial charge in [-0.2, -0.15) is 4.31 Å². The molecular weight excluding hydrogens is 314 g/mol. The lowest BCUT2D eigenvalue weighted by atomic mass is 10.2. The Hall–Kier alpha value is -2.25. The molecule has 0 unspecified atom stereocenters. The highest BCUT2D eigenvalue weighted by molar-refractivity contribution is 7.89. The third-order valence-corrected chi connectivity index (χ3v) is 5.46. The number of nitrogens with one attached hydrogen (secondary N) is 1. The van der Waals surface area contributed by atoms with E-state index >= 15 is 0 Å². The van der Waals surface area contributed by atoms with E-state index in [1.165, 1.54) is 28.6 Å². The molecule has 1 N–H and O–H groups in total. The monoisotopic (exact) mass is 333 g/mol. The number of benzene rings is 1. The van der Waals surface area contributed by atoms with Gasteiger partial charge in [0.2, 0.25) is 10.0 Å². The third kappa shape index (κ3) is 3.94. The zero-order valence-corrected chi connectivity index (χ0v) is 13.9. The largest absolute Gasteiger partial charge is 0.322 e. The van der Waals surface area contributed by atoms with Crippen LogP contribution < -0.4 is 5.32 Å². The Bertz CT molecular complexity index is 755. The Labute approximate surface area is 136 Å². The first kappa shape index (κ1) is 17.1. The van der Waals surface area contributed by atoms with Crippen LogP contribution in [0.3, 0.4) is 0 Å². The number of pyridine rings is 1. The molecule has 6 nitrogen and oxygen atoms in total. The maximum atomic E-state index is 12.4. The molecule has 0 aliphatic rings. The van der Waals surface area contributed by atoms with Gasteiger partial charge in [-0.15, -0.1) is 0 Å². The minimum absolute atomic E-state index is 0.182. The molecule has 0 spiro atoms. The van der Waals surface area contributed by atoms with Crippen molar-refractivity contribution < 1.29 is 13.2 Å². The summed E-state index contributed by atoms with van der Waals surface area (Å²) >= 11 is 0. The van der Waals surface area contributed by atoms with Gasteiger partial charge in [0.1, 0.15) is 0 Å². The summed E-state index contributed by atoms with van der Waals surface area (Å²) < 4.78 is 26.1. The minimum Gasteiger partial charge on any atom is -0.322 e. The summed E-state index contributed by atoms with van der Waals surface area (Å²) in [4.78, 5) is 16.2. The standard InChI is InChI=1S/C16H19N3O3S/c1-3-19(4-2)23(21,22)15-7-5-13(6-8-15)16(20)18-14-9-11-17-12-10-14/h5-12H,3-4H2,1-2H3,(H,17,18,20). The van der Waals surface area contributed by atoms with E-state index in [0.29, 0.717) is 24.3 Å². The molecule has 0 saturated carbocycles. The molecule has 1 aromatic carbocycles. The lowest BCUT2D eigenvalue weighted by Gasteiger charge is -2.18. The molecule has 122 valence electrons. The lowest BCUT2D eigenvalue weighted by molar-refractivity contribution is 0.102. The van der Waals surface area contributed by atoms with Gasteiger partial charge in [0, 0.05) is 36.7 Å². The van der Waals surface area contributed by atoms with Crippen molar-refractivity contribution in [2.24, 2.45) is 0 Å². The van der Waals surface area contributed by atoms with Crippen molar-refractivity contribution in [3.63, 3.8) is 0 Å². The van der Waals surface area contributed by atoms with Gasteiger partial charge in [0.25, 0.3) is 5.91 Å². The van der Waals surface area contributed by atoms with Crippen LogP contribution in [0.5, 0.6) is 0 Å². The van der Waals surface area contributed by atoms with Gasteiger partial charge < -0.3 is 5.32 Å². The van der Waals surface area contributed by atoms with Crippen molar-refractivity contribution in [3.8, 4) is 0 Å². The first-order valence-electron chi connectivity index (χ1n) is 7.30. The van der Waals surface area contributed by atoms with Crippen molar-refractivity contribution >= 4 is 21.6 Å². The zero-order chi connectivity index (χ0) is 16.9. The predicted molar refractivity (Wildman–Crippen MR) is 88.7 cm³/mol. The molecule has 7 heteroatoms. The highest BCUT2D eigenvalue weighted by atomic mass is 32.2. The van der Waals surface area contributed by atoms with E-state index in [4.69, 9.17) is 0 Å². The molecule has 2 rings (SSSR count). The summed E-state index contributed by atoms with van der Waals surface area (Å²) in [7, 11) is -3.51. The number of anilines is 1. The van der Waals surface area contributed by atoms with Crippen molar-refractivity contribution in [1.82, 2.24) is 9.29 Å². The van der Waals surface area contributed by atoms with E-state index in [9.17, 15) is 13.2 Å². The molecule has 1 amide bonds. The Morgan fingerprint density at radius 2 is 1.61 bits per heavy atom. The number of hydrogen-bond donors (Lipinski definition) is 1. The second-order valence-electron chi connectivity index (χ2n) is 4.80. The summed E-state index contributed by atoms with van der Waals surface area (Å²) in [6, 6.07) is 9.28. The van der Waals surface area contributed by atoms with E-state index in [1.807, 2.05) is 0 Å². The van der Waals surface area contributed by atoms with E-state index in [-0.39, 0.29) is 10.8 Å².